The number of carbonyl (C=O) groups excluding carboxylic acids is 2. The number of hydrogen-bond acceptors (Lipinski definition) is 6. The van der Waals surface area contributed by atoms with Gasteiger partial charge in [-0.05, 0) is 31.0 Å². The van der Waals surface area contributed by atoms with E-state index in [1.165, 1.54) is 17.0 Å². The van der Waals surface area contributed by atoms with Gasteiger partial charge >= 0.3 is 11.9 Å². The van der Waals surface area contributed by atoms with Crippen LogP contribution in [0.1, 0.15) is 64.2 Å². The van der Waals surface area contributed by atoms with Gasteiger partial charge in [-0.2, -0.15) is 4.73 Å². The second-order valence-corrected chi connectivity index (χ2v) is 7.40. The van der Waals surface area contributed by atoms with Gasteiger partial charge < -0.3 is 9.68 Å². The van der Waals surface area contributed by atoms with Crippen LogP contribution in [0.5, 0.6) is 0 Å². The average Bonchev–Trinajstić information content (AvgIpc) is 2.73. The zero-order valence-corrected chi connectivity index (χ0v) is 17.9. The van der Waals surface area contributed by atoms with Gasteiger partial charge in [-0.3, -0.25) is 4.79 Å². The van der Waals surface area contributed by atoms with E-state index in [-0.39, 0.29) is 11.5 Å². The number of carbonyl (C=O) groups is 2. The minimum absolute atomic E-state index is 0.276. The van der Waals surface area contributed by atoms with E-state index in [1.54, 1.807) is 36.5 Å². The predicted molar refractivity (Wildman–Crippen MR) is 115 cm³/mol. The largest absolute Gasteiger partial charge is 0.336 e. The van der Waals surface area contributed by atoms with E-state index in [0.717, 1.165) is 56.1 Å². The van der Waals surface area contributed by atoms with E-state index in [1.807, 2.05) is 0 Å². The first kappa shape index (κ1) is 23.5. The molecule has 0 radical (unpaired) electrons. The Morgan fingerprint density at radius 1 is 0.700 bits per heavy atom. The van der Waals surface area contributed by atoms with Gasteiger partial charge in [-0.25, -0.2) is 9.59 Å². The van der Waals surface area contributed by atoms with Gasteiger partial charge in [0.05, 0.1) is 0 Å². The van der Waals surface area contributed by atoms with Crippen LogP contribution in [0.3, 0.4) is 0 Å². The first-order chi connectivity index (χ1) is 14.6. The van der Waals surface area contributed by atoms with Crippen LogP contribution in [-0.4, -0.2) is 21.4 Å². The lowest BCUT2D eigenvalue weighted by Crippen LogP contribution is -2.29. The Morgan fingerprint density at radius 2 is 1.17 bits per heavy atom. The molecule has 0 amide bonds. The molecule has 0 aliphatic rings. The molecule has 0 spiro atoms. The summed E-state index contributed by atoms with van der Waals surface area (Å²) in [6, 6.07) is 9.84. The molecule has 7 nitrogen and oxygen atoms in total. The average molecular weight is 433 g/mol. The van der Waals surface area contributed by atoms with Crippen molar-refractivity contribution in [1.82, 2.24) is 9.46 Å². The van der Waals surface area contributed by atoms with E-state index < -0.39 is 5.97 Å². The van der Waals surface area contributed by atoms with Gasteiger partial charge in [-0.1, -0.05) is 62.9 Å². The van der Waals surface area contributed by atoms with Gasteiger partial charge in [0.25, 0.3) is 5.56 Å². The molecule has 0 aromatic carbocycles. The third-order valence-corrected chi connectivity index (χ3v) is 4.81. The van der Waals surface area contributed by atoms with Crippen LogP contribution in [0.2, 0.25) is 0 Å². The Labute approximate surface area is 181 Å². The summed E-state index contributed by atoms with van der Waals surface area (Å²) in [7, 11) is 0. The third kappa shape index (κ3) is 9.17. The van der Waals surface area contributed by atoms with E-state index in [4.69, 9.17) is 21.9 Å². The molecule has 0 bridgehead atoms. The molecule has 0 saturated carbocycles. The van der Waals surface area contributed by atoms with Gasteiger partial charge in [0.2, 0.25) is 0 Å². The van der Waals surface area contributed by atoms with Crippen molar-refractivity contribution in [3.8, 4) is 0 Å². The number of unbranched alkanes of at least 4 members (excludes halogenated alkanes) is 7. The summed E-state index contributed by atoms with van der Waals surface area (Å²) in [5, 5.41) is 0. The molecule has 0 saturated heterocycles. The standard InChI is InChI=1S/C22H28N2O5S/c25-19-13-9-11-17-23(19)28-21(26)15-7-5-3-1-2-4-6-8-16-22(27)29-24-18-12-10-14-20(24)30/h9-14,17-18H,1-8,15-16H2. The zero-order chi connectivity index (χ0) is 21.6. The van der Waals surface area contributed by atoms with Crippen molar-refractivity contribution in [2.24, 2.45) is 0 Å². The Kier molecular flexibility index (Phi) is 10.6. The van der Waals surface area contributed by atoms with Crippen LogP contribution in [0.15, 0.2) is 53.6 Å². The quantitative estimate of drug-likeness (QED) is 0.353. The minimum Gasteiger partial charge on any atom is -0.336 e. The smallest absolute Gasteiger partial charge is 0.333 e. The number of hydrogen-bond donors (Lipinski definition) is 0. The number of pyridine rings is 2. The molecule has 30 heavy (non-hydrogen) atoms. The number of rotatable bonds is 13. The first-order valence-electron chi connectivity index (χ1n) is 10.3. The Morgan fingerprint density at radius 3 is 1.70 bits per heavy atom. The molecule has 0 N–H and O–H groups in total. The normalized spacial score (nSPS) is 10.5. The highest BCUT2D eigenvalue weighted by molar-refractivity contribution is 7.71. The maximum Gasteiger partial charge on any atom is 0.333 e. The van der Waals surface area contributed by atoms with Crippen LogP contribution in [0, 0.1) is 4.64 Å². The fourth-order valence-corrected chi connectivity index (χ4v) is 3.06. The summed E-state index contributed by atoms with van der Waals surface area (Å²) < 4.78 is 2.73. The second kappa shape index (κ2) is 13.5. The third-order valence-electron chi connectivity index (χ3n) is 4.49. The summed E-state index contributed by atoms with van der Waals surface area (Å²) in [5.74, 6) is -0.672. The molecule has 2 aromatic rings. The highest BCUT2D eigenvalue weighted by atomic mass is 32.1. The lowest BCUT2D eigenvalue weighted by Gasteiger charge is -2.07. The molecular weight excluding hydrogens is 404 g/mol. The van der Waals surface area contributed by atoms with E-state index in [2.05, 4.69) is 0 Å². The summed E-state index contributed by atoms with van der Waals surface area (Å²) in [5.41, 5.74) is -0.358. The maximum atomic E-state index is 11.8. The van der Waals surface area contributed by atoms with E-state index in [9.17, 15) is 14.4 Å². The zero-order valence-electron chi connectivity index (χ0n) is 17.0. The van der Waals surface area contributed by atoms with Crippen LogP contribution >= 0.6 is 12.2 Å². The van der Waals surface area contributed by atoms with Crippen LogP contribution < -0.4 is 15.2 Å². The van der Waals surface area contributed by atoms with Crippen molar-refractivity contribution in [3.63, 3.8) is 0 Å². The number of aromatic nitrogens is 2. The fraction of sp³-hybridized carbons (Fsp3) is 0.455. The molecular formula is C22H28N2O5S. The fourth-order valence-electron chi connectivity index (χ4n) is 2.89. The molecule has 2 aromatic heterocycles. The second-order valence-electron chi connectivity index (χ2n) is 6.98. The molecule has 2 heterocycles. The van der Waals surface area contributed by atoms with E-state index >= 15 is 0 Å². The van der Waals surface area contributed by atoms with Gasteiger partial charge in [0.15, 0.2) is 0 Å². The topological polar surface area (TPSA) is 79.5 Å². The van der Waals surface area contributed by atoms with Crippen molar-refractivity contribution >= 4 is 24.2 Å². The summed E-state index contributed by atoms with van der Waals surface area (Å²) in [4.78, 5) is 45.2. The van der Waals surface area contributed by atoms with Gasteiger partial charge in [0, 0.05) is 31.3 Å². The number of nitrogens with zero attached hydrogens (tertiary/aromatic N) is 2. The monoisotopic (exact) mass is 432 g/mol. The molecule has 0 atom stereocenters. The highest BCUT2D eigenvalue weighted by Crippen LogP contribution is 2.11. The molecule has 2 rings (SSSR count). The lowest BCUT2D eigenvalue weighted by molar-refractivity contribution is -0.145. The molecule has 0 aliphatic carbocycles. The van der Waals surface area contributed by atoms with Crippen molar-refractivity contribution in [1.29, 1.82) is 0 Å². The van der Waals surface area contributed by atoms with Crippen LogP contribution in [-0.2, 0) is 9.59 Å². The summed E-state index contributed by atoms with van der Waals surface area (Å²) >= 11 is 5.08. The van der Waals surface area contributed by atoms with Crippen molar-refractivity contribution in [2.75, 3.05) is 0 Å². The molecule has 162 valence electrons. The van der Waals surface area contributed by atoms with Crippen molar-refractivity contribution < 1.29 is 19.3 Å². The van der Waals surface area contributed by atoms with Crippen LogP contribution in [0.4, 0.5) is 0 Å². The first-order valence-corrected chi connectivity index (χ1v) is 10.7. The predicted octanol–water partition coefficient (Wildman–Crippen LogP) is 3.89. The Bertz CT molecular complexity index is 846. The van der Waals surface area contributed by atoms with Crippen LogP contribution in [0.25, 0.3) is 0 Å². The highest BCUT2D eigenvalue weighted by Gasteiger charge is 2.06. The van der Waals surface area contributed by atoms with Crippen molar-refractivity contribution in [3.05, 3.63) is 63.8 Å². The SMILES string of the molecule is O=C(CCCCCCCCCCC(=O)On1ccccc1=S)On1ccccc1=O. The summed E-state index contributed by atoms with van der Waals surface area (Å²) in [6.07, 6.45) is 11.5. The maximum absolute atomic E-state index is 11.8. The summed E-state index contributed by atoms with van der Waals surface area (Å²) in [6.45, 7) is 0. The van der Waals surface area contributed by atoms with Gasteiger partial charge in [0.1, 0.15) is 4.64 Å². The lowest BCUT2D eigenvalue weighted by atomic mass is 10.1. The van der Waals surface area contributed by atoms with Crippen molar-refractivity contribution in [2.45, 2.75) is 64.2 Å². The van der Waals surface area contributed by atoms with Gasteiger partial charge in [-0.15, -0.1) is 4.73 Å². The van der Waals surface area contributed by atoms with E-state index in [0.29, 0.717) is 17.5 Å². The minimum atomic E-state index is -0.396. The molecule has 0 aliphatic heterocycles. The Hall–Kier alpha value is -2.74. The Balaban J connectivity index is 1.43. The molecule has 8 heteroatoms. The molecule has 0 unspecified atom stereocenters. The molecule has 0 fully saturated rings.